The molecule has 0 unspecified atom stereocenters. The fraction of sp³-hybridized carbons (Fsp3) is 0.588. The normalized spacial score (nSPS) is 16.4. The summed E-state index contributed by atoms with van der Waals surface area (Å²) in [5.41, 5.74) is 2.33. The lowest BCUT2D eigenvalue weighted by Gasteiger charge is -2.37. The maximum atomic E-state index is 12.7. The van der Waals surface area contributed by atoms with Crippen molar-refractivity contribution >= 4 is 5.91 Å². The molecule has 1 fully saturated rings. The van der Waals surface area contributed by atoms with Crippen LogP contribution in [0.15, 0.2) is 24.3 Å². The van der Waals surface area contributed by atoms with Gasteiger partial charge in [-0.15, -0.1) is 0 Å². The van der Waals surface area contributed by atoms with Gasteiger partial charge < -0.3 is 9.64 Å². The van der Waals surface area contributed by atoms with Gasteiger partial charge >= 0.3 is 0 Å². The number of hydrogen-bond acceptors (Lipinski definition) is 2. The Bertz CT molecular complexity index is 450. The van der Waals surface area contributed by atoms with Gasteiger partial charge in [0.15, 0.2) is 0 Å². The smallest absolute Gasteiger partial charge is 0.227 e. The Morgan fingerprint density at radius 3 is 2.55 bits per heavy atom. The highest BCUT2D eigenvalue weighted by molar-refractivity contribution is 5.79. The summed E-state index contributed by atoms with van der Waals surface area (Å²) in [6.45, 7) is 7.81. The maximum absolute atomic E-state index is 12.7. The molecule has 0 atom stereocenters. The van der Waals surface area contributed by atoms with Crippen LogP contribution in [0.3, 0.4) is 0 Å². The average molecular weight is 275 g/mol. The zero-order valence-corrected chi connectivity index (χ0v) is 12.8. The summed E-state index contributed by atoms with van der Waals surface area (Å²) >= 11 is 0. The average Bonchev–Trinajstić information content (AvgIpc) is 2.42. The molecule has 0 aliphatic carbocycles. The van der Waals surface area contributed by atoms with Crippen molar-refractivity contribution in [1.82, 2.24) is 4.90 Å². The van der Waals surface area contributed by atoms with E-state index in [4.69, 9.17) is 4.74 Å². The summed E-state index contributed by atoms with van der Waals surface area (Å²) in [4.78, 5) is 14.8. The quantitative estimate of drug-likeness (QED) is 0.845. The third kappa shape index (κ3) is 3.60. The molecule has 2 rings (SSSR count). The van der Waals surface area contributed by atoms with E-state index in [0.717, 1.165) is 31.6 Å². The highest BCUT2D eigenvalue weighted by Crippen LogP contribution is 2.19. The third-order valence-corrected chi connectivity index (χ3v) is 4.03. The number of rotatable bonds is 4. The molecule has 20 heavy (non-hydrogen) atoms. The second kappa shape index (κ2) is 6.89. The third-order valence-electron chi connectivity index (χ3n) is 4.03. The van der Waals surface area contributed by atoms with Crippen LogP contribution in [0, 0.1) is 6.92 Å². The number of carbonyl (C=O) groups is 1. The summed E-state index contributed by atoms with van der Waals surface area (Å²) < 4.78 is 5.41. The van der Waals surface area contributed by atoms with Crippen LogP contribution in [-0.4, -0.2) is 36.1 Å². The molecular weight excluding hydrogens is 250 g/mol. The minimum absolute atomic E-state index is 0.237. The predicted octanol–water partition coefficient (Wildman–Crippen LogP) is 2.95. The largest absolute Gasteiger partial charge is 0.381 e. The molecule has 1 saturated heterocycles. The Kier molecular flexibility index (Phi) is 5.18. The SMILES string of the molecule is Cc1ccccc1CC(=O)N(C(C)C)C1CCOCC1. The Labute approximate surface area is 121 Å². The lowest BCUT2D eigenvalue weighted by Crippen LogP contribution is -2.48. The van der Waals surface area contributed by atoms with Crippen molar-refractivity contribution in [1.29, 1.82) is 0 Å². The number of carbonyl (C=O) groups excluding carboxylic acids is 1. The van der Waals surface area contributed by atoms with Gasteiger partial charge in [-0.05, 0) is 44.7 Å². The van der Waals surface area contributed by atoms with E-state index in [2.05, 4.69) is 37.8 Å². The minimum Gasteiger partial charge on any atom is -0.381 e. The number of ether oxygens (including phenoxy) is 1. The van der Waals surface area contributed by atoms with Crippen molar-refractivity contribution < 1.29 is 9.53 Å². The van der Waals surface area contributed by atoms with Crippen molar-refractivity contribution in [2.24, 2.45) is 0 Å². The molecule has 1 aromatic rings. The van der Waals surface area contributed by atoms with Crippen LogP contribution >= 0.6 is 0 Å². The van der Waals surface area contributed by atoms with Gasteiger partial charge in [-0.3, -0.25) is 4.79 Å². The van der Waals surface area contributed by atoms with E-state index in [0.29, 0.717) is 12.5 Å². The molecular formula is C17H25NO2. The highest BCUT2D eigenvalue weighted by Gasteiger charge is 2.27. The van der Waals surface area contributed by atoms with E-state index in [9.17, 15) is 4.79 Å². The summed E-state index contributed by atoms with van der Waals surface area (Å²) in [6.07, 6.45) is 2.41. The molecule has 1 aliphatic heterocycles. The van der Waals surface area contributed by atoms with Crippen molar-refractivity contribution in [2.45, 2.75) is 52.1 Å². The van der Waals surface area contributed by atoms with Crippen molar-refractivity contribution in [3.05, 3.63) is 35.4 Å². The van der Waals surface area contributed by atoms with Gasteiger partial charge in [-0.2, -0.15) is 0 Å². The second-order valence-electron chi connectivity index (χ2n) is 5.84. The van der Waals surface area contributed by atoms with Crippen LogP contribution in [0.2, 0.25) is 0 Å². The van der Waals surface area contributed by atoms with Crippen LogP contribution in [0.25, 0.3) is 0 Å². The fourth-order valence-electron chi connectivity index (χ4n) is 2.94. The Morgan fingerprint density at radius 1 is 1.30 bits per heavy atom. The van der Waals surface area contributed by atoms with Gasteiger partial charge in [0, 0.05) is 25.3 Å². The lowest BCUT2D eigenvalue weighted by atomic mass is 10.0. The highest BCUT2D eigenvalue weighted by atomic mass is 16.5. The molecule has 0 saturated carbocycles. The maximum Gasteiger partial charge on any atom is 0.227 e. The predicted molar refractivity (Wildman–Crippen MR) is 80.7 cm³/mol. The Hall–Kier alpha value is -1.35. The summed E-state index contributed by atoms with van der Waals surface area (Å²) in [5, 5.41) is 0. The molecule has 0 aromatic heterocycles. The zero-order chi connectivity index (χ0) is 14.5. The number of aryl methyl sites for hydroxylation is 1. The van der Waals surface area contributed by atoms with Crippen LogP contribution in [0.5, 0.6) is 0 Å². The second-order valence-corrected chi connectivity index (χ2v) is 5.84. The van der Waals surface area contributed by atoms with Crippen LogP contribution in [0.4, 0.5) is 0 Å². The first-order valence-corrected chi connectivity index (χ1v) is 7.53. The van der Waals surface area contributed by atoms with E-state index in [1.165, 1.54) is 5.56 Å². The molecule has 3 nitrogen and oxygen atoms in total. The first-order chi connectivity index (χ1) is 9.59. The fourth-order valence-corrected chi connectivity index (χ4v) is 2.94. The van der Waals surface area contributed by atoms with Gasteiger partial charge in [-0.1, -0.05) is 24.3 Å². The van der Waals surface area contributed by atoms with Gasteiger partial charge in [0.2, 0.25) is 5.91 Å². The number of amides is 1. The lowest BCUT2D eigenvalue weighted by molar-refractivity contribution is -0.136. The standard InChI is InChI=1S/C17H25NO2/c1-13(2)18(16-8-10-20-11-9-16)17(19)12-15-7-5-4-6-14(15)3/h4-7,13,16H,8-12H2,1-3H3. The van der Waals surface area contributed by atoms with E-state index in [1.807, 2.05) is 12.1 Å². The van der Waals surface area contributed by atoms with E-state index in [-0.39, 0.29) is 11.9 Å². The van der Waals surface area contributed by atoms with E-state index in [1.54, 1.807) is 0 Å². The molecule has 0 bridgehead atoms. The molecule has 3 heteroatoms. The number of hydrogen-bond donors (Lipinski definition) is 0. The molecule has 0 spiro atoms. The number of benzene rings is 1. The zero-order valence-electron chi connectivity index (χ0n) is 12.8. The molecule has 1 aliphatic rings. The van der Waals surface area contributed by atoms with Crippen molar-refractivity contribution in [3.63, 3.8) is 0 Å². The topological polar surface area (TPSA) is 29.5 Å². The first-order valence-electron chi connectivity index (χ1n) is 7.53. The van der Waals surface area contributed by atoms with Crippen molar-refractivity contribution in [3.8, 4) is 0 Å². The Morgan fingerprint density at radius 2 is 1.95 bits per heavy atom. The van der Waals surface area contributed by atoms with Crippen molar-refractivity contribution in [2.75, 3.05) is 13.2 Å². The van der Waals surface area contributed by atoms with Crippen LogP contribution in [-0.2, 0) is 16.0 Å². The molecule has 1 heterocycles. The van der Waals surface area contributed by atoms with E-state index < -0.39 is 0 Å². The monoisotopic (exact) mass is 275 g/mol. The summed E-state index contributed by atoms with van der Waals surface area (Å²) in [6, 6.07) is 8.72. The summed E-state index contributed by atoms with van der Waals surface area (Å²) in [7, 11) is 0. The Balaban J connectivity index is 2.09. The minimum atomic E-state index is 0.237. The van der Waals surface area contributed by atoms with E-state index >= 15 is 0 Å². The van der Waals surface area contributed by atoms with Gasteiger partial charge in [0.1, 0.15) is 0 Å². The molecule has 0 radical (unpaired) electrons. The molecule has 1 aromatic carbocycles. The summed E-state index contributed by atoms with van der Waals surface area (Å²) in [5.74, 6) is 0.237. The molecule has 110 valence electrons. The van der Waals surface area contributed by atoms with Gasteiger partial charge in [0.25, 0.3) is 0 Å². The molecule has 0 N–H and O–H groups in total. The first kappa shape index (κ1) is 15.0. The van der Waals surface area contributed by atoms with Gasteiger partial charge in [-0.25, -0.2) is 0 Å². The van der Waals surface area contributed by atoms with Gasteiger partial charge in [0.05, 0.1) is 6.42 Å². The van der Waals surface area contributed by atoms with Crippen LogP contribution < -0.4 is 0 Å². The number of nitrogens with zero attached hydrogens (tertiary/aromatic N) is 1. The van der Waals surface area contributed by atoms with Crippen LogP contribution in [0.1, 0.15) is 37.8 Å². The molecule has 1 amide bonds.